The van der Waals surface area contributed by atoms with Crippen LogP contribution in [0.3, 0.4) is 0 Å². The fraction of sp³-hybridized carbons (Fsp3) is 0.136. The number of furan rings is 1. The summed E-state index contributed by atoms with van der Waals surface area (Å²) in [5.41, 5.74) is 3.32. The van der Waals surface area contributed by atoms with Crippen molar-refractivity contribution in [1.82, 2.24) is 14.5 Å². The SMILES string of the molecule is Clc1ccccc1-n1cccc1CN(Cc1cccnc1)Cc1ccco1. The van der Waals surface area contributed by atoms with E-state index in [0.717, 1.165) is 36.1 Å². The van der Waals surface area contributed by atoms with Crippen LogP contribution in [0.4, 0.5) is 0 Å². The van der Waals surface area contributed by atoms with Crippen LogP contribution in [0.15, 0.2) is 89.9 Å². The predicted molar refractivity (Wildman–Crippen MR) is 107 cm³/mol. The standard InChI is InChI=1S/C22H20ClN3O/c23-21-9-1-2-10-22(21)26-12-4-7-19(26)16-25(17-20-8-5-13-27-20)15-18-6-3-11-24-14-18/h1-14H,15-17H2. The molecule has 0 N–H and O–H groups in total. The van der Waals surface area contributed by atoms with Crippen molar-refractivity contribution in [3.63, 3.8) is 0 Å². The third-order valence-electron chi connectivity index (χ3n) is 4.42. The molecule has 4 rings (SSSR count). The molecule has 0 atom stereocenters. The minimum atomic E-state index is 0.718. The van der Waals surface area contributed by atoms with Gasteiger partial charge in [-0.1, -0.05) is 29.8 Å². The largest absolute Gasteiger partial charge is 0.468 e. The van der Waals surface area contributed by atoms with Crippen LogP contribution in [-0.4, -0.2) is 14.5 Å². The zero-order valence-electron chi connectivity index (χ0n) is 14.8. The lowest BCUT2D eigenvalue weighted by atomic mass is 10.2. The third-order valence-corrected chi connectivity index (χ3v) is 4.74. The van der Waals surface area contributed by atoms with E-state index >= 15 is 0 Å². The lowest BCUT2D eigenvalue weighted by molar-refractivity contribution is 0.223. The Bertz CT molecular complexity index is 980. The Hall–Kier alpha value is -2.82. The van der Waals surface area contributed by atoms with Gasteiger partial charge < -0.3 is 8.98 Å². The van der Waals surface area contributed by atoms with E-state index in [9.17, 15) is 0 Å². The second-order valence-electron chi connectivity index (χ2n) is 6.41. The van der Waals surface area contributed by atoms with Crippen molar-refractivity contribution in [3.8, 4) is 5.69 Å². The number of benzene rings is 1. The summed E-state index contributed by atoms with van der Waals surface area (Å²) in [4.78, 5) is 6.57. The second kappa shape index (κ2) is 8.25. The van der Waals surface area contributed by atoms with Crippen molar-refractivity contribution in [2.24, 2.45) is 0 Å². The summed E-state index contributed by atoms with van der Waals surface area (Å²) in [6, 6.07) is 20.0. The highest BCUT2D eigenvalue weighted by Gasteiger charge is 2.14. The van der Waals surface area contributed by atoms with Crippen LogP contribution in [0.5, 0.6) is 0 Å². The highest BCUT2D eigenvalue weighted by atomic mass is 35.5. The maximum Gasteiger partial charge on any atom is 0.117 e. The van der Waals surface area contributed by atoms with Gasteiger partial charge in [0.15, 0.2) is 0 Å². The predicted octanol–water partition coefficient (Wildman–Crippen LogP) is 5.32. The molecule has 0 unspecified atom stereocenters. The average Bonchev–Trinajstić information content (AvgIpc) is 3.35. The van der Waals surface area contributed by atoms with Crippen LogP contribution in [-0.2, 0) is 19.6 Å². The topological polar surface area (TPSA) is 34.2 Å². The van der Waals surface area contributed by atoms with Crippen LogP contribution in [0.25, 0.3) is 5.69 Å². The summed E-state index contributed by atoms with van der Waals surface area (Å²) < 4.78 is 7.71. The van der Waals surface area contributed by atoms with E-state index in [-0.39, 0.29) is 0 Å². The molecule has 0 fully saturated rings. The molecular formula is C22H20ClN3O. The van der Waals surface area contributed by atoms with Crippen molar-refractivity contribution in [1.29, 1.82) is 0 Å². The van der Waals surface area contributed by atoms with E-state index in [2.05, 4.69) is 26.6 Å². The van der Waals surface area contributed by atoms with Crippen molar-refractivity contribution >= 4 is 11.6 Å². The molecule has 0 spiro atoms. The zero-order chi connectivity index (χ0) is 18.5. The van der Waals surface area contributed by atoms with E-state index in [1.807, 2.05) is 60.9 Å². The van der Waals surface area contributed by atoms with Gasteiger partial charge in [-0.05, 0) is 48.0 Å². The average molecular weight is 378 g/mol. The molecule has 5 heteroatoms. The normalized spacial score (nSPS) is 11.2. The van der Waals surface area contributed by atoms with Gasteiger partial charge in [-0.2, -0.15) is 0 Å². The Morgan fingerprint density at radius 2 is 1.85 bits per heavy atom. The molecule has 0 saturated heterocycles. The number of halogens is 1. The number of hydrogen-bond acceptors (Lipinski definition) is 3. The Morgan fingerprint density at radius 3 is 2.63 bits per heavy atom. The molecule has 4 aromatic rings. The molecule has 3 aromatic heterocycles. The molecule has 0 aliphatic carbocycles. The Kier molecular flexibility index (Phi) is 5.37. The van der Waals surface area contributed by atoms with Gasteiger partial charge in [-0.3, -0.25) is 9.88 Å². The number of aromatic nitrogens is 2. The van der Waals surface area contributed by atoms with Gasteiger partial charge in [0.05, 0.1) is 23.5 Å². The first-order valence-corrected chi connectivity index (χ1v) is 9.22. The number of rotatable bonds is 7. The summed E-state index contributed by atoms with van der Waals surface area (Å²) in [5, 5.41) is 0.736. The van der Waals surface area contributed by atoms with E-state index in [1.54, 1.807) is 12.5 Å². The highest BCUT2D eigenvalue weighted by Crippen LogP contribution is 2.23. The molecule has 4 nitrogen and oxygen atoms in total. The van der Waals surface area contributed by atoms with Gasteiger partial charge in [0, 0.05) is 37.4 Å². The number of nitrogens with zero attached hydrogens (tertiary/aromatic N) is 3. The first kappa shape index (κ1) is 17.6. The highest BCUT2D eigenvalue weighted by molar-refractivity contribution is 6.32. The summed E-state index contributed by atoms with van der Waals surface area (Å²) in [6.07, 6.45) is 7.46. The fourth-order valence-electron chi connectivity index (χ4n) is 3.20. The number of hydrogen-bond donors (Lipinski definition) is 0. The second-order valence-corrected chi connectivity index (χ2v) is 6.81. The Balaban J connectivity index is 1.60. The number of pyridine rings is 1. The van der Waals surface area contributed by atoms with Crippen LogP contribution >= 0.6 is 11.6 Å². The lowest BCUT2D eigenvalue weighted by Gasteiger charge is -2.22. The van der Waals surface area contributed by atoms with Crippen LogP contribution in [0.2, 0.25) is 5.02 Å². The minimum Gasteiger partial charge on any atom is -0.468 e. The van der Waals surface area contributed by atoms with Crippen molar-refractivity contribution in [2.45, 2.75) is 19.6 Å². The molecule has 3 heterocycles. The van der Waals surface area contributed by atoms with Crippen LogP contribution < -0.4 is 0 Å². The van der Waals surface area contributed by atoms with Gasteiger partial charge in [-0.25, -0.2) is 0 Å². The first-order chi connectivity index (χ1) is 13.3. The Morgan fingerprint density at radius 1 is 0.926 bits per heavy atom. The summed E-state index contributed by atoms with van der Waals surface area (Å²) >= 11 is 6.41. The van der Waals surface area contributed by atoms with Crippen LogP contribution in [0.1, 0.15) is 17.0 Å². The first-order valence-electron chi connectivity index (χ1n) is 8.84. The molecule has 0 amide bonds. The van der Waals surface area contributed by atoms with E-state index < -0.39 is 0 Å². The molecule has 0 saturated carbocycles. The molecule has 136 valence electrons. The van der Waals surface area contributed by atoms with Crippen molar-refractivity contribution in [2.75, 3.05) is 0 Å². The van der Waals surface area contributed by atoms with E-state index in [1.165, 1.54) is 11.3 Å². The van der Waals surface area contributed by atoms with E-state index in [0.29, 0.717) is 0 Å². The molecule has 1 aromatic carbocycles. The zero-order valence-corrected chi connectivity index (χ0v) is 15.6. The van der Waals surface area contributed by atoms with Gasteiger partial charge in [0.2, 0.25) is 0 Å². The summed E-state index contributed by atoms with van der Waals surface area (Å²) in [5.74, 6) is 0.940. The molecular weight excluding hydrogens is 358 g/mol. The summed E-state index contributed by atoms with van der Waals surface area (Å²) in [7, 11) is 0. The fourth-order valence-corrected chi connectivity index (χ4v) is 3.42. The van der Waals surface area contributed by atoms with Gasteiger partial charge in [-0.15, -0.1) is 0 Å². The Labute approximate surface area is 163 Å². The third kappa shape index (κ3) is 4.30. The van der Waals surface area contributed by atoms with Gasteiger partial charge in [0.1, 0.15) is 5.76 Å². The van der Waals surface area contributed by atoms with Crippen LogP contribution in [0, 0.1) is 0 Å². The number of para-hydroxylation sites is 1. The molecule has 0 aliphatic rings. The van der Waals surface area contributed by atoms with Gasteiger partial charge >= 0.3 is 0 Å². The maximum absolute atomic E-state index is 6.41. The molecule has 27 heavy (non-hydrogen) atoms. The maximum atomic E-state index is 6.41. The molecule has 0 aliphatic heterocycles. The summed E-state index contributed by atoms with van der Waals surface area (Å²) in [6.45, 7) is 2.26. The molecule has 0 bridgehead atoms. The van der Waals surface area contributed by atoms with Crippen molar-refractivity contribution < 1.29 is 4.42 Å². The quantitative estimate of drug-likeness (QED) is 0.437. The lowest BCUT2D eigenvalue weighted by Crippen LogP contribution is -2.23. The smallest absolute Gasteiger partial charge is 0.117 e. The van der Waals surface area contributed by atoms with E-state index in [4.69, 9.17) is 16.0 Å². The minimum absolute atomic E-state index is 0.718. The van der Waals surface area contributed by atoms with Crippen molar-refractivity contribution in [3.05, 3.63) is 108 Å². The monoisotopic (exact) mass is 377 g/mol. The van der Waals surface area contributed by atoms with Gasteiger partial charge in [0.25, 0.3) is 0 Å². The molecule has 0 radical (unpaired) electrons.